The molecule has 0 aromatic heterocycles. The Balaban J connectivity index is 3.37. The summed E-state index contributed by atoms with van der Waals surface area (Å²) in [5, 5.41) is 17.6. The molecule has 0 aliphatic carbocycles. The average Bonchev–Trinajstić information content (AvgIpc) is 2.19. The summed E-state index contributed by atoms with van der Waals surface area (Å²) in [6, 6.07) is -1.76. The molecule has 17 heavy (non-hydrogen) atoms. The molecule has 4 nitrogen and oxygen atoms in total. The summed E-state index contributed by atoms with van der Waals surface area (Å²) >= 11 is 0. The van der Waals surface area contributed by atoms with Crippen LogP contribution in [0.4, 0.5) is 17.6 Å². The topological polar surface area (TPSA) is 83.6 Å². The Bertz CT molecular complexity index is 458. The number of carboxylic acids is 1. The minimum atomic E-state index is -4.92. The van der Waals surface area contributed by atoms with Crippen LogP contribution >= 0.6 is 0 Å². The lowest BCUT2D eigenvalue weighted by atomic mass is 10.0. The van der Waals surface area contributed by atoms with Gasteiger partial charge in [0, 0.05) is 5.56 Å². The number of hydrogen-bond acceptors (Lipinski definition) is 3. The maximum absolute atomic E-state index is 13.0. The van der Waals surface area contributed by atoms with Crippen LogP contribution in [0.3, 0.4) is 0 Å². The van der Waals surface area contributed by atoms with Crippen molar-refractivity contribution in [1.82, 2.24) is 0 Å². The molecular weight excluding hydrogens is 246 g/mol. The highest BCUT2D eigenvalue weighted by molar-refractivity contribution is 5.88. The maximum atomic E-state index is 13.0. The van der Waals surface area contributed by atoms with Crippen LogP contribution in [0.5, 0.6) is 5.75 Å². The van der Waals surface area contributed by atoms with Gasteiger partial charge in [0.05, 0.1) is 5.56 Å². The van der Waals surface area contributed by atoms with Crippen LogP contribution in [0.15, 0.2) is 12.1 Å². The predicted molar refractivity (Wildman–Crippen MR) is 48.0 cm³/mol. The van der Waals surface area contributed by atoms with Gasteiger partial charge < -0.3 is 15.9 Å². The van der Waals surface area contributed by atoms with Crippen LogP contribution in [0.1, 0.15) is 22.0 Å². The van der Waals surface area contributed by atoms with Crippen molar-refractivity contribution in [3.05, 3.63) is 29.1 Å². The zero-order chi connectivity index (χ0) is 13.4. The van der Waals surface area contributed by atoms with Gasteiger partial charge in [-0.25, -0.2) is 9.18 Å². The first kappa shape index (κ1) is 13.2. The van der Waals surface area contributed by atoms with E-state index in [9.17, 15) is 22.4 Å². The molecule has 0 fully saturated rings. The largest absolute Gasteiger partial charge is 0.505 e. The fourth-order valence-corrected chi connectivity index (χ4v) is 1.16. The van der Waals surface area contributed by atoms with Crippen LogP contribution < -0.4 is 5.73 Å². The standard InChI is InChI=1S/C9H7F4NO3/c10-5-2-3(8(16)17)1-4(6(5)15)7(14)9(11,12)13/h1-2,7,15H,14H2,(H,16,17)/t7-/m0/s1. The summed E-state index contributed by atoms with van der Waals surface area (Å²) in [4.78, 5) is 10.5. The number of carbonyl (C=O) groups is 1. The summed E-state index contributed by atoms with van der Waals surface area (Å²) in [7, 11) is 0. The minimum absolute atomic E-state index is 0.407. The molecule has 0 heterocycles. The molecule has 94 valence electrons. The normalized spacial score (nSPS) is 13.5. The van der Waals surface area contributed by atoms with Crippen LogP contribution in [0.25, 0.3) is 0 Å². The SMILES string of the molecule is N[C@@H](c1cc(C(=O)O)cc(F)c1O)C(F)(F)F. The number of alkyl halides is 3. The van der Waals surface area contributed by atoms with Crippen molar-refractivity contribution >= 4 is 5.97 Å². The number of halogens is 4. The number of hydrogen-bond donors (Lipinski definition) is 3. The predicted octanol–water partition coefficient (Wildman–Crippen LogP) is 1.79. The van der Waals surface area contributed by atoms with Gasteiger partial charge in [0.25, 0.3) is 0 Å². The molecule has 0 unspecified atom stereocenters. The van der Waals surface area contributed by atoms with Crippen LogP contribution in [-0.2, 0) is 0 Å². The third-order valence-electron chi connectivity index (χ3n) is 2.03. The number of rotatable bonds is 2. The minimum Gasteiger partial charge on any atom is -0.505 e. The first-order valence-corrected chi connectivity index (χ1v) is 4.22. The Morgan fingerprint density at radius 3 is 2.29 bits per heavy atom. The van der Waals surface area contributed by atoms with Crippen molar-refractivity contribution in [3.63, 3.8) is 0 Å². The van der Waals surface area contributed by atoms with E-state index in [2.05, 4.69) is 0 Å². The number of phenolic OH excluding ortho intramolecular Hbond substituents is 1. The molecule has 1 aromatic carbocycles. The number of nitrogens with two attached hydrogens (primary N) is 1. The highest BCUT2D eigenvalue weighted by atomic mass is 19.4. The second-order valence-corrected chi connectivity index (χ2v) is 3.22. The van der Waals surface area contributed by atoms with Crippen LogP contribution in [0, 0.1) is 5.82 Å². The van der Waals surface area contributed by atoms with E-state index < -0.39 is 40.9 Å². The Labute approximate surface area is 92.3 Å². The summed E-state index contributed by atoms with van der Waals surface area (Å²) < 4.78 is 49.8. The average molecular weight is 253 g/mol. The fourth-order valence-electron chi connectivity index (χ4n) is 1.16. The van der Waals surface area contributed by atoms with Crippen molar-refractivity contribution in [2.24, 2.45) is 5.73 Å². The number of phenols is 1. The molecule has 1 rings (SSSR count). The van der Waals surface area contributed by atoms with Crippen molar-refractivity contribution in [2.45, 2.75) is 12.2 Å². The van der Waals surface area contributed by atoms with Crippen LogP contribution in [-0.4, -0.2) is 22.4 Å². The van der Waals surface area contributed by atoms with Crippen molar-refractivity contribution in [3.8, 4) is 5.75 Å². The summed E-state index contributed by atoms with van der Waals surface area (Å²) in [6.45, 7) is 0. The molecule has 0 amide bonds. The number of carboxylic acid groups (broad SMARTS) is 1. The van der Waals surface area contributed by atoms with Gasteiger partial charge in [0.2, 0.25) is 0 Å². The van der Waals surface area contributed by atoms with E-state index in [1.165, 1.54) is 0 Å². The Kier molecular flexibility index (Phi) is 3.28. The number of aromatic carboxylic acids is 1. The zero-order valence-corrected chi connectivity index (χ0v) is 8.12. The molecule has 1 aromatic rings. The Morgan fingerprint density at radius 1 is 1.35 bits per heavy atom. The van der Waals surface area contributed by atoms with Gasteiger partial charge in [0.1, 0.15) is 6.04 Å². The van der Waals surface area contributed by atoms with Crippen molar-refractivity contribution in [2.75, 3.05) is 0 Å². The van der Waals surface area contributed by atoms with E-state index in [0.717, 1.165) is 0 Å². The van der Waals surface area contributed by atoms with Gasteiger partial charge in [-0.3, -0.25) is 0 Å². The Morgan fingerprint density at radius 2 is 1.88 bits per heavy atom. The molecule has 0 bridgehead atoms. The quantitative estimate of drug-likeness (QED) is 0.701. The Hall–Kier alpha value is -1.83. The highest BCUT2D eigenvalue weighted by Gasteiger charge is 2.40. The lowest BCUT2D eigenvalue weighted by molar-refractivity contribution is -0.149. The first-order chi connectivity index (χ1) is 7.64. The van der Waals surface area contributed by atoms with Gasteiger partial charge in [-0.1, -0.05) is 0 Å². The van der Waals surface area contributed by atoms with E-state index >= 15 is 0 Å². The maximum Gasteiger partial charge on any atom is 0.407 e. The smallest absolute Gasteiger partial charge is 0.407 e. The molecule has 0 radical (unpaired) electrons. The van der Waals surface area contributed by atoms with Crippen molar-refractivity contribution < 1.29 is 32.6 Å². The van der Waals surface area contributed by atoms with E-state index in [1.54, 1.807) is 0 Å². The molecule has 0 aliphatic heterocycles. The molecule has 4 N–H and O–H groups in total. The number of aromatic hydroxyl groups is 1. The second-order valence-electron chi connectivity index (χ2n) is 3.22. The lowest BCUT2D eigenvalue weighted by Crippen LogP contribution is -2.29. The molecule has 0 spiro atoms. The zero-order valence-electron chi connectivity index (χ0n) is 8.12. The van der Waals surface area contributed by atoms with Gasteiger partial charge >= 0.3 is 12.1 Å². The third kappa shape index (κ3) is 2.64. The first-order valence-electron chi connectivity index (χ1n) is 4.22. The highest BCUT2D eigenvalue weighted by Crippen LogP contribution is 2.36. The molecule has 1 atom stereocenters. The van der Waals surface area contributed by atoms with Gasteiger partial charge in [-0.2, -0.15) is 13.2 Å². The molecular formula is C9H7F4NO3. The van der Waals surface area contributed by atoms with Gasteiger partial charge in [-0.05, 0) is 12.1 Å². The molecule has 0 saturated heterocycles. The molecule has 0 saturated carbocycles. The van der Waals surface area contributed by atoms with E-state index in [-0.39, 0.29) is 0 Å². The fraction of sp³-hybridized carbons (Fsp3) is 0.222. The monoisotopic (exact) mass is 253 g/mol. The van der Waals surface area contributed by atoms with Crippen molar-refractivity contribution in [1.29, 1.82) is 0 Å². The van der Waals surface area contributed by atoms with Gasteiger partial charge in [-0.15, -0.1) is 0 Å². The summed E-state index contributed by atoms with van der Waals surface area (Å²) in [5.74, 6) is -4.40. The molecule has 0 aliphatic rings. The second kappa shape index (κ2) is 4.21. The van der Waals surface area contributed by atoms with Gasteiger partial charge in [0.15, 0.2) is 11.6 Å². The van der Waals surface area contributed by atoms with E-state index in [1.807, 2.05) is 0 Å². The molecule has 8 heteroatoms. The number of benzene rings is 1. The lowest BCUT2D eigenvalue weighted by Gasteiger charge is -2.17. The summed E-state index contributed by atoms with van der Waals surface area (Å²) in [6.07, 6.45) is -4.92. The third-order valence-corrected chi connectivity index (χ3v) is 2.03. The van der Waals surface area contributed by atoms with Crippen LogP contribution in [0.2, 0.25) is 0 Å². The van der Waals surface area contributed by atoms with E-state index in [0.29, 0.717) is 12.1 Å². The summed E-state index contributed by atoms with van der Waals surface area (Å²) in [5.41, 5.74) is 3.02. The van der Waals surface area contributed by atoms with E-state index in [4.69, 9.17) is 15.9 Å².